The van der Waals surface area contributed by atoms with Crippen molar-refractivity contribution in [1.82, 2.24) is 0 Å². The molecule has 1 rings (SSSR count). The van der Waals surface area contributed by atoms with Crippen LogP contribution in [-0.4, -0.2) is 0 Å². The maximum Gasteiger partial charge on any atom is 0.126 e. The normalized spacial score (nSPS) is 12.0. The topological polar surface area (TPSA) is 26.0 Å². The number of rotatable bonds is 5. The molecule has 1 nitrogen and oxygen atoms in total. The Kier molecular flexibility index (Phi) is 7.26. The average molecular weight is 250 g/mol. The lowest BCUT2D eigenvalue weighted by molar-refractivity contribution is 0.552. The molecular formula is C12H18ClF2N. The zero-order valence-electron chi connectivity index (χ0n) is 9.38. The van der Waals surface area contributed by atoms with Gasteiger partial charge in [0.05, 0.1) is 0 Å². The fourth-order valence-corrected chi connectivity index (χ4v) is 1.57. The van der Waals surface area contributed by atoms with Gasteiger partial charge < -0.3 is 5.73 Å². The SMILES string of the molecule is CCCCC[C@@H](N)c1cc(F)cc(F)c1.Cl. The predicted molar refractivity (Wildman–Crippen MR) is 64.7 cm³/mol. The van der Waals surface area contributed by atoms with Crippen molar-refractivity contribution in [2.75, 3.05) is 0 Å². The lowest BCUT2D eigenvalue weighted by Gasteiger charge is -2.11. The molecule has 0 bridgehead atoms. The summed E-state index contributed by atoms with van der Waals surface area (Å²) in [5.74, 6) is -1.12. The first kappa shape index (κ1) is 15.3. The van der Waals surface area contributed by atoms with Gasteiger partial charge in [-0.2, -0.15) is 0 Å². The number of hydrogen-bond acceptors (Lipinski definition) is 1. The van der Waals surface area contributed by atoms with Gasteiger partial charge in [-0.1, -0.05) is 26.2 Å². The molecule has 0 heterocycles. The molecule has 1 atom stereocenters. The minimum absolute atomic E-state index is 0. The zero-order chi connectivity index (χ0) is 11.3. The quantitative estimate of drug-likeness (QED) is 0.786. The van der Waals surface area contributed by atoms with Crippen molar-refractivity contribution in [3.63, 3.8) is 0 Å². The van der Waals surface area contributed by atoms with Gasteiger partial charge in [0.1, 0.15) is 11.6 Å². The summed E-state index contributed by atoms with van der Waals surface area (Å²) >= 11 is 0. The second-order valence-corrected chi connectivity index (χ2v) is 3.81. The Balaban J connectivity index is 0.00000225. The number of hydrogen-bond donors (Lipinski definition) is 1. The third-order valence-corrected chi connectivity index (χ3v) is 2.43. The Labute approximate surface area is 101 Å². The van der Waals surface area contributed by atoms with E-state index < -0.39 is 11.6 Å². The third kappa shape index (κ3) is 4.90. The third-order valence-electron chi connectivity index (χ3n) is 2.43. The van der Waals surface area contributed by atoms with Crippen molar-refractivity contribution >= 4 is 12.4 Å². The molecule has 0 spiro atoms. The minimum Gasteiger partial charge on any atom is -0.324 e. The first-order chi connectivity index (χ1) is 7.13. The summed E-state index contributed by atoms with van der Waals surface area (Å²) in [7, 11) is 0. The first-order valence-corrected chi connectivity index (χ1v) is 5.35. The fraction of sp³-hybridized carbons (Fsp3) is 0.500. The van der Waals surface area contributed by atoms with Crippen LogP contribution in [0.25, 0.3) is 0 Å². The summed E-state index contributed by atoms with van der Waals surface area (Å²) in [6.07, 6.45) is 3.99. The van der Waals surface area contributed by atoms with E-state index >= 15 is 0 Å². The molecule has 0 unspecified atom stereocenters. The lowest BCUT2D eigenvalue weighted by Crippen LogP contribution is -2.10. The highest BCUT2D eigenvalue weighted by molar-refractivity contribution is 5.85. The van der Waals surface area contributed by atoms with E-state index in [1.807, 2.05) is 0 Å². The van der Waals surface area contributed by atoms with Gasteiger partial charge in [-0.25, -0.2) is 8.78 Å². The molecule has 4 heteroatoms. The van der Waals surface area contributed by atoms with Crippen molar-refractivity contribution < 1.29 is 8.78 Å². The zero-order valence-corrected chi connectivity index (χ0v) is 10.2. The van der Waals surface area contributed by atoms with E-state index in [-0.39, 0.29) is 18.4 Å². The summed E-state index contributed by atoms with van der Waals surface area (Å²) in [6.45, 7) is 2.10. The van der Waals surface area contributed by atoms with E-state index in [0.29, 0.717) is 5.56 Å². The predicted octanol–water partition coefficient (Wildman–Crippen LogP) is 3.97. The number of nitrogens with two attached hydrogens (primary N) is 1. The van der Waals surface area contributed by atoms with Gasteiger partial charge in [-0.3, -0.25) is 0 Å². The van der Waals surface area contributed by atoms with Crippen LogP contribution in [0.1, 0.15) is 44.2 Å². The summed E-state index contributed by atoms with van der Waals surface area (Å²) in [5.41, 5.74) is 6.39. The molecule has 92 valence electrons. The van der Waals surface area contributed by atoms with Gasteiger partial charge in [0, 0.05) is 12.1 Å². The molecule has 16 heavy (non-hydrogen) atoms. The summed E-state index contributed by atoms with van der Waals surface area (Å²) in [4.78, 5) is 0. The van der Waals surface area contributed by atoms with Gasteiger partial charge in [-0.15, -0.1) is 12.4 Å². The van der Waals surface area contributed by atoms with Crippen molar-refractivity contribution in [2.45, 2.75) is 38.6 Å². The molecule has 1 aromatic carbocycles. The fourth-order valence-electron chi connectivity index (χ4n) is 1.57. The highest BCUT2D eigenvalue weighted by Gasteiger charge is 2.08. The van der Waals surface area contributed by atoms with E-state index in [2.05, 4.69) is 6.92 Å². The van der Waals surface area contributed by atoms with Crippen LogP contribution in [0.2, 0.25) is 0 Å². The van der Waals surface area contributed by atoms with Crippen LogP contribution in [0.15, 0.2) is 18.2 Å². The van der Waals surface area contributed by atoms with Crippen LogP contribution >= 0.6 is 12.4 Å². The molecule has 0 saturated carbocycles. The van der Waals surface area contributed by atoms with Crippen molar-refractivity contribution in [3.8, 4) is 0 Å². The van der Waals surface area contributed by atoms with Crippen LogP contribution in [0.4, 0.5) is 8.78 Å². The second-order valence-electron chi connectivity index (χ2n) is 3.81. The summed E-state index contributed by atoms with van der Waals surface area (Å²) in [6, 6.07) is 3.21. The van der Waals surface area contributed by atoms with Gasteiger partial charge in [0.15, 0.2) is 0 Å². The molecule has 0 saturated heterocycles. The number of halogens is 3. The average Bonchev–Trinajstić information content (AvgIpc) is 2.16. The standard InChI is InChI=1S/C12H17F2N.ClH/c1-2-3-4-5-12(15)9-6-10(13)8-11(14)7-9;/h6-8,12H,2-5,15H2,1H3;1H/t12-;/m1./s1. The molecule has 0 aliphatic rings. The lowest BCUT2D eigenvalue weighted by atomic mass is 10.0. The van der Waals surface area contributed by atoms with Gasteiger partial charge >= 0.3 is 0 Å². The maximum absolute atomic E-state index is 12.9. The second kappa shape index (κ2) is 7.58. The van der Waals surface area contributed by atoms with Gasteiger partial charge in [0.2, 0.25) is 0 Å². The molecule has 0 aliphatic heterocycles. The largest absolute Gasteiger partial charge is 0.324 e. The van der Waals surface area contributed by atoms with E-state index in [1.165, 1.54) is 12.1 Å². The van der Waals surface area contributed by atoms with Crippen molar-refractivity contribution in [3.05, 3.63) is 35.4 Å². The van der Waals surface area contributed by atoms with E-state index in [1.54, 1.807) is 0 Å². The highest BCUT2D eigenvalue weighted by atomic mass is 35.5. The Bertz CT molecular complexity index is 298. The van der Waals surface area contributed by atoms with E-state index in [9.17, 15) is 8.78 Å². The minimum atomic E-state index is -0.559. The first-order valence-electron chi connectivity index (χ1n) is 5.35. The molecular weight excluding hydrogens is 232 g/mol. The number of benzene rings is 1. The van der Waals surface area contributed by atoms with Crippen molar-refractivity contribution in [1.29, 1.82) is 0 Å². The van der Waals surface area contributed by atoms with Crippen LogP contribution < -0.4 is 5.73 Å². The van der Waals surface area contributed by atoms with Crippen LogP contribution in [0, 0.1) is 11.6 Å². The van der Waals surface area contributed by atoms with Crippen molar-refractivity contribution in [2.24, 2.45) is 5.73 Å². The van der Waals surface area contributed by atoms with Crippen LogP contribution in [-0.2, 0) is 0 Å². The molecule has 0 aromatic heterocycles. The van der Waals surface area contributed by atoms with Crippen LogP contribution in [0.3, 0.4) is 0 Å². The Hall–Kier alpha value is -0.670. The van der Waals surface area contributed by atoms with E-state index in [4.69, 9.17) is 5.73 Å². The Morgan fingerprint density at radius 1 is 1.12 bits per heavy atom. The van der Waals surface area contributed by atoms with Crippen LogP contribution in [0.5, 0.6) is 0 Å². The molecule has 1 aromatic rings. The molecule has 2 N–H and O–H groups in total. The molecule has 0 aliphatic carbocycles. The molecule has 0 radical (unpaired) electrons. The maximum atomic E-state index is 12.9. The Morgan fingerprint density at radius 3 is 2.19 bits per heavy atom. The highest BCUT2D eigenvalue weighted by Crippen LogP contribution is 2.19. The number of unbranched alkanes of at least 4 members (excludes halogenated alkanes) is 2. The molecule has 0 amide bonds. The summed E-state index contributed by atoms with van der Waals surface area (Å²) < 4.78 is 25.8. The monoisotopic (exact) mass is 249 g/mol. The Morgan fingerprint density at radius 2 is 1.69 bits per heavy atom. The van der Waals surface area contributed by atoms with Gasteiger partial charge in [-0.05, 0) is 24.1 Å². The van der Waals surface area contributed by atoms with Gasteiger partial charge in [0.25, 0.3) is 0 Å². The molecule has 0 fully saturated rings. The summed E-state index contributed by atoms with van der Waals surface area (Å²) in [5, 5.41) is 0. The van der Waals surface area contributed by atoms with E-state index in [0.717, 1.165) is 31.7 Å². The smallest absolute Gasteiger partial charge is 0.126 e.